The van der Waals surface area contributed by atoms with Gasteiger partial charge in [-0.1, -0.05) is 11.8 Å². The summed E-state index contributed by atoms with van der Waals surface area (Å²) in [5.74, 6) is 0.159. The molecule has 1 aromatic heterocycles. The van der Waals surface area contributed by atoms with Gasteiger partial charge in [-0.25, -0.2) is 4.98 Å². The molecule has 1 saturated heterocycles. The van der Waals surface area contributed by atoms with Crippen LogP contribution in [0, 0.1) is 0 Å². The summed E-state index contributed by atoms with van der Waals surface area (Å²) in [4.78, 5) is 15.5. The zero-order valence-electron chi connectivity index (χ0n) is 7.03. The monoisotopic (exact) mass is 214 g/mol. The Kier molecular flexibility index (Phi) is 2.85. The molecule has 0 saturated carbocycles. The van der Waals surface area contributed by atoms with E-state index in [4.69, 9.17) is 0 Å². The van der Waals surface area contributed by atoms with E-state index in [9.17, 15) is 4.79 Å². The van der Waals surface area contributed by atoms with Gasteiger partial charge in [-0.15, -0.1) is 11.3 Å². The number of hydrogen-bond donors (Lipinski definition) is 1. The Balaban J connectivity index is 1.97. The van der Waals surface area contributed by atoms with Crippen molar-refractivity contribution in [1.29, 1.82) is 0 Å². The van der Waals surface area contributed by atoms with Crippen molar-refractivity contribution in [1.82, 2.24) is 10.3 Å². The molecular weight excluding hydrogens is 204 g/mol. The van der Waals surface area contributed by atoms with Crippen molar-refractivity contribution < 1.29 is 4.79 Å². The van der Waals surface area contributed by atoms with E-state index in [-0.39, 0.29) is 11.2 Å². The number of carbonyl (C=O) groups excluding carboxylic acids is 1. The van der Waals surface area contributed by atoms with Crippen LogP contribution in [0.25, 0.3) is 0 Å². The van der Waals surface area contributed by atoms with E-state index < -0.39 is 0 Å². The zero-order chi connectivity index (χ0) is 9.10. The summed E-state index contributed by atoms with van der Waals surface area (Å²) in [6.45, 7) is 0.827. The summed E-state index contributed by atoms with van der Waals surface area (Å²) in [5.41, 5.74) is 0. The number of piperidine rings is 1. The van der Waals surface area contributed by atoms with Gasteiger partial charge in [0.1, 0.15) is 0 Å². The fraction of sp³-hybridized carbons (Fsp3) is 0.500. The van der Waals surface area contributed by atoms with E-state index >= 15 is 0 Å². The Labute approximate surface area is 84.9 Å². The molecule has 3 nitrogen and oxygen atoms in total. The van der Waals surface area contributed by atoms with Crippen LogP contribution in [0.3, 0.4) is 0 Å². The second-order valence-electron chi connectivity index (χ2n) is 2.84. The number of nitrogens with zero attached hydrogens (tertiary/aromatic N) is 1. The first kappa shape index (κ1) is 9.02. The lowest BCUT2D eigenvalue weighted by Crippen LogP contribution is -2.38. The fourth-order valence-corrected chi connectivity index (χ4v) is 3.18. The third kappa shape index (κ3) is 2.22. The normalized spacial score (nSPS) is 22.8. The van der Waals surface area contributed by atoms with Gasteiger partial charge >= 0.3 is 0 Å². The molecule has 1 unspecified atom stereocenters. The molecule has 1 N–H and O–H groups in total. The third-order valence-corrected chi connectivity index (χ3v) is 4.07. The van der Waals surface area contributed by atoms with Crippen LogP contribution in [0.5, 0.6) is 0 Å². The van der Waals surface area contributed by atoms with Gasteiger partial charge in [0.25, 0.3) is 0 Å². The molecule has 70 valence electrons. The van der Waals surface area contributed by atoms with Gasteiger partial charge < -0.3 is 5.32 Å². The quantitative estimate of drug-likeness (QED) is 0.811. The Morgan fingerprint density at radius 1 is 1.69 bits per heavy atom. The van der Waals surface area contributed by atoms with Crippen LogP contribution in [0.1, 0.15) is 12.8 Å². The van der Waals surface area contributed by atoms with E-state index in [1.807, 2.05) is 5.38 Å². The average molecular weight is 214 g/mol. The van der Waals surface area contributed by atoms with Gasteiger partial charge in [-0.2, -0.15) is 0 Å². The first-order valence-electron chi connectivity index (χ1n) is 4.20. The van der Waals surface area contributed by atoms with Crippen LogP contribution >= 0.6 is 23.1 Å². The molecule has 1 aliphatic rings. The summed E-state index contributed by atoms with van der Waals surface area (Å²) in [7, 11) is 0. The summed E-state index contributed by atoms with van der Waals surface area (Å²) >= 11 is 3.17. The lowest BCUT2D eigenvalue weighted by Gasteiger charge is -2.19. The van der Waals surface area contributed by atoms with Crippen molar-refractivity contribution >= 4 is 29.0 Å². The molecule has 1 fully saturated rings. The molecule has 0 aromatic carbocycles. The summed E-state index contributed by atoms with van der Waals surface area (Å²) in [6.07, 6.45) is 3.82. The van der Waals surface area contributed by atoms with Crippen molar-refractivity contribution in [2.45, 2.75) is 22.4 Å². The second-order valence-corrected chi connectivity index (χ2v) is 5.18. The van der Waals surface area contributed by atoms with Crippen LogP contribution in [-0.2, 0) is 4.79 Å². The molecule has 1 amide bonds. The van der Waals surface area contributed by atoms with E-state index in [0.29, 0.717) is 0 Å². The first-order chi connectivity index (χ1) is 6.36. The molecule has 2 heterocycles. The third-order valence-electron chi connectivity index (χ3n) is 1.89. The van der Waals surface area contributed by atoms with Crippen LogP contribution < -0.4 is 5.32 Å². The summed E-state index contributed by atoms with van der Waals surface area (Å²) < 4.78 is 0.988. The highest BCUT2D eigenvalue weighted by atomic mass is 32.2. The number of thiazole rings is 1. The molecule has 5 heteroatoms. The number of thioether (sulfide) groups is 1. The SMILES string of the molecule is O=C1NCCCC1Sc1nccs1. The van der Waals surface area contributed by atoms with Crippen molar-refractivity contribution in [3.8, 4) is 0 Å². The average Bonchev–Trinajstić information content (AvgIpc) is 2.61. The summed E-state index contributed by atoms with van der Waals surface area (Å²) in [5, 5.41) is 4.86. The Morgan fingerprint density at radius 3 is 3.31 bits per heavy atom. The highest BCUT2D eigenvalue weighted by Gasteiger charge is 2.23. The topological polar surface area (TPSA) is 42.0 Å². The van der Waals surface area contributed by atoms with Crippen molar-refractivity contribution in [3.63, 3.8) is 0 Å². The highest BCUT2D eigenvalue weighted by Crippen LogP contribution is 2.29. The molecular formula is C8H10N2OS2. The molecule has 0 radical (unpaired) electrons. The minimum Gasteiger partial charge on any atom is -0.355 e. The number of aromatic nitrogens is 1. The lowest BCUT2D eigenvalue weighted by molar-refractivity contribution is -0.121. The van der Waals surface area contributed by atoms with Crippen LogP contribution in [0.15, 0.2) is 15.9 Å². The fourth-order valence-electron chi connectivity index (χ4n) is 1.25. The van der Waals surface area contributed by atoms with E-state index in [0.717, 1.165) is 23.7 Å². The van der Waals surface area contributed by atoms with Crippen LogP contribution in [-0.4, -0.2) is 22.7 Å². The van der Waals surface area contributed by atoms with Crippen molar-refractivity contribution in [2.24, 2.45) is 0 Å². The molecule has 1 atom stereocenters. The molecule has 0 spiro atoms. The standard InChI is InChI=1S/C8H10N2OS2/c11-7-6(2-1-3-9-7)13-8-10-4-5-12-8/h4-6H,1-3H2,(H,9,11). The van der Waals surface area contributed by atoms with E-state index in [1.165, 1.54) is 0 Å². The Morgan fingerprint density at radius 2 is 2.62 bits per heavy atom. The maximum absolute atomic E-state index is 11.4. The molecule has 2 rings (SSSR count). The molecule has 1 aliphatic heterocycles. The largest absolute Gasteiger partial charge is 0.355 e. The van der Waals surface area contributed by atoms with Crippen molar-refractivity contribution in [3.05, 3.63) is 11.6 Å². The second kappa shape index (κ2) is 4.11. The maximum atomic E-state index is 11.4. The molecule has 13 heavy (non-hydrogen) atoms. The van der Waals surface area contributed by atoms with Gasteiger partial charge in [-0.05, 0) is 12.8 Å². The smallest absolute Gasteiger partial charge is 0.233 e. The van der Waals surface area contributed by atoms with Gasteiger partial charge in [0.05, 0.1) is 5.25 Å². The maximum Gasteiger partial charge on any atom is 0.233 e. The van der Waals surface area contributed by atoms with Crippen LogP contribution in [0.2, 0.25) is 0 Å². The number of rotatable bonds is 2. The molecule has 0 bridgehead atoms. The Bertz CT molecular complexity index is 286. The minimum atomic E-state index is 0.0694. The predicted octanol–water partition coefficient (Wildman–Crippen LogP) is 1.51. The van der Waals surface area contributed by atoms with E-state index in [1.54, 1.807) is 29.3 Å². The number of hydrogen-bond acceptors (Lipinski definition) is 4. The van der Waals surface area contributed by atoms with Gasteiger partial charge in [0.2, 0.25) is 5.91 Å². The van der Waals surface area contributed by atoms with Gasteiger partial charge in [0, 0.05) is 18.1 Å². The lowest BCUT2D eigenvalue weighted by atomic mass is 10.1. The summed E-state index contributed by atoms with van der Waals surface area (Å²) in [6, 6.07) is 0. The molecule has 0 aliphatic carbocycles. The van der Waals surface area contributed by atoms with Crippen molar-refractivity contribution in [2.75, 3.05) is 6.54 Å². The minimum absolute atomic E-state index is 0.0694. The predicted molar refractivity (Wildman–Crippen MR) is 54.0 cm³/mol. The van der Waals surface area contributed by atoms with Gasteiger partial charge in [0.15, 0.2) is 4.34 Å². The molecule has 1 aromatic rings. The van der Waals surface area contributed by atoms with Gasteiger partial charge in [-0.3, -0.25) is 4.79 Å². The first-order valence-corrected chi connectivity index (χ1v) is 5.96. The number of carbonyl (C=O) groups is 1. The van der Waals surface area contributed by atoms with E-state index in [2.05, 4.69) is 10.3 Å². The zero-order valence-corrected chi connectivity index (χ0v) is 8.66. The van der Waals surface area contributed by atoms with Crippen LogP contribution in [0.4, 0.5) is 0 Å². The number of nitrogens with one attached hydrogen (secondary N) is 1. The number of amides is 1. The Hall–Kier alpha value is -0.550. The highest BCUT2D eigenvalue weighted by molar-refractivity contribution is 8.02.